The third-order valence-corrected chi connectivity index (χ3v) is 7.29. The number of phenolic OH excluding ortho intramolecular Hbond substituents is 1. The van der Waals surface area contributed by atoms with Crippen LogP contribution in [0.15, 0.2) is 18.2 Å². The zero-order valence-electron chi connectivity index (χ0n) is 14.0. The first kappa shape index (κ1) is 15.4. The second kappa shape index (κ2) is 5.20. The van der Waals surface area contributed by atoms with Crippen LogP contribution in [0.5, 0.6) is 5.75 Å². The lowest BCUT2D eigenvalue weighted by atomic mass is 9.51. The fourth-order valence-corrected chi connectivity index (χ4v) is 6.22. The van der Waals surface area contributed by atoms with Gasteiger partial charge in [0.25, 0.3) is 0 Å². The first-order valence-electron chi connectivity index (χ1n) is 9.09. The number of aliphatic hydroxyl groups is 1. The highest BCUT2D eigenvalue weighted by Gasteiger charge is 2.60. The van der Waals surface area contributed by atoms with E-state index in [1.807, 2.05) is 6.07 Å². The fourth-order valence-electron chi connectivity index (χ4n) is 6.22. The lowest BCUT2D eigenvalue weighted by molar-refractivity contribution is -0.0586. The number of phenols is 1. The molecule has 0 unspecified atom stereocenters. The van der Waals surface area contributed by atoms with E-state index in [9.17, 15) is 14.6 Å². The van der Waals surface area contributed by atoms with Gasteiger partial charge in [0.15, 0.2) is 0 Å². The summed E-state index contributed by atoms with van der Waals surface area (Å²) in [5.41, 5.74) is 2.36. The first-order valence-corrected chi connectivity index (χ1v) is 9.09. The monoisotopic (exact) mass is 317 g/mol. The van der Waals surface area contributed by atoms with Gasteiger partial charge in [-0.2, -0.15) is 0 Å². The van der Waals surface area contributed by atoms with Crippen LogP contribution in [0, 0.1) is 23.2 Å². The molecule has 4 rings (SSSR count). The molecule has 0 bridgehead atoms. The van der Waals surface area contributed by atoms with Gasteiger partial charge in [-0.25, -0.2) is 4.39 Å². The molecule has 7 atom stereocenters. The van der Waals surface area contributed by atoms with Gasteiger partial charge in [-0.1, -0.05) is 26.3 Å². The zero-order valence-corrected chi connectivity index (χ0v) is 14.0. The average Bonchev–Trinajstić information content (AvgIpc) is 2.77. The molecular formula is C20H27FO2. The highest BCUT2D eigenvalue weighted by atomic mass is 18.2. The summed E-state index contributed by atoms with van der Waals surface area (Å²) in [6.45, 7) is 4.33. The minimum Gasteiger partial charge on any atom is -0.508 e. The summed E-state index contributed by atoms with van der Waals surface area (Å²) >= 11 is 0. The standard InChI is InChI=1S/C20H27FO2/c1-3-11-10-20(2)16(9-17(21)19(20)23)15-6-4-12-8-13(22)5-7-14(12)18(11)15/h5,7-8,11,15-19,22-23H,3-4,6,9-10H2,1-2H3/t11-,15-,16-,17-,18+,19-,20-/m0/s1/i21-1. The van der Waals surface area contributed by atoms with E-state index in [4.69, 9.17) is 0 Å². The van der Waals surface area contributed by atoms with Crippen molar-refractivity contribution in [3.63, 3.8) is 0 Å². The molecule has 0 heterocycles. The second-order valence-corrected chi connectivity index (χ2v) is 8.29. The third-order valence-electron chi connectivity index (χ3n) is 7.29. The Labute approximate surface area is 137 Å². The van der Waals surface area contributed by atoms with E-state index in [1.54, 1.807) is 6.07 Å². The Balaban J connectivity index is 1.78. The summed E-state index contributed by atoms with van der Waals surface area (Å²) in [5, 5.41) is 20.3. The molecule has 2 saturated carbocycles. The van der Waals surface area contributed by atoms with Crippen LogP contribution in [0.1, 0.15) is 56.6 Å². The Kier molecular flexibility index (Phi) is 3.49. The van der Waals surface area contributed by atoms with E-state index in [0.29, 0.717) is 29.9 Å². The average molecular weight is 317 g/mol. The summed E-state index contributed by atoms with van der Waals surface area (Å²) < 4.78 is 14.3. The lowest BCUT2D eigenvalue weighted by Crippen LogP contribution is -2.48. The van der Waals surface area contributed by atoms with Crippen LogP contribution in [0.2, 0.25) is 0 Å². The van der Waals surface area contributed by atoms with Crippen molar-refractivity contribution in [3.05, 3.63) is 29.3 Å². The molecule has 23 heavy (non-hydrogen) atoms. The van der Waals surface area contributed by atoms with Crippen LogP contribution in [0.3, 0.4) is 0 Å². The van der Waals surface area contributed by atoms with Crippen LogP contribution in [-0.4, -0.2) is 22.5 Å². The van der Waals surface area contributed by atoms with Crippen molar-refractivity contribution in [1.82, 2.24) is 0 Å². The third kappa shape index (κ3) is 2.08. The van der Waals surface area contributed by atoms with Crippen LogP contribution in [0.25, 0.3) is 0 Å². The van der Waals surface area contributed by atoms with Crippen molar-refractivity contribution < 1.29 is 14.6 Å². The van der Waals surface area contributed by atoms with E-state index in [1.165, 1.54) is 11.1 Å². The molecule has 0 aliphatic heterocycles. The lowest BCUT2D eigenvalue weighted by Gasteiger charge is -2.53. The predicted molar refractivity (Wildman–Crippen MR) is 88.2 cm³/mol. The molecule has 0 radical (unpaired) electrons. The van der Waals surface area contributed by atoms with E-state index in [2.05, 4.69) is 19.9 Å². The number of aromatic hydroxyl groups is 1. The summed E-state index contributed by atoms with van der Waals surface area (Å²) in [4.78, 5) is 0. The first-order chi connectivity index (χ1) is 11.0. The Hall–Kier alpha value is -1.09. The molecule has 2 N–H and O–H groups in total. The molecule has 2 fully saturated rings. The Morgan fingerprint density at radius 2 is 2.13 bits per heavy atom. The van der Waals surface area contributed by atoms with Crippen molar-refractivity contribution in [3.8, 4) is 5.75 Å². The minimum atomic E-state index is -1.07. The van der Waals surface area contributed by atoms with Crippen LogP contribution >= 0.6 is 0 Å². The van der Waals surface area contributed by atoms with Crippen molar-refractivity contribution in [2.24, 2.45) is 23.2 Å². The van der Waals surface area contributed by atoms with E-state index >= 15 is 0 Å². The van der Waals surface area contributed by atoms with Crippen molar-refractivity contribution in [2.45, 2.75) is 64.1 Å². The highest BCUT2D eigenvalue weighted by Crippen LogP contribution is 2.63. The molecule has 0 spiro atoms. The summed E-state index contributed by atoms with van der Waals surface area (Å²) in [6.07, 6.45) is 2.64. The number of aryl methyl sites for hydroxylation is 1. The van der Waals surface area contributed by atoms with Gasteiger partial charge in [0.05, 0.1) is 6.10 Å². The number of fused-ring (bicyclic) bond motifs is 5. The molecule has 3 aliphatic rings. The van der Waals surface area contributed by atoms with E-state index in [-0.39, 0.29) is 11.3 Å². The SMILES string of the molecule is CC[C@H]1C[C@]2(C)[C@@H](O)[C@@H]([18F])C[C@H]2[C@@H]2CCc3cc(O)ccc3[C@@H]12. The number of hydrogen-bond donors (Lipinski definition) is 2. The van der Waals surface area contributed by atoms with Crippen molar-refractivity contribution in [2.75, 3.05) is 0 Å². The maximum atomic E-state index is 14.3. The van der Waals surface area contributed by atoms with Gasteiger partial charge < -0.3 is 10.2 Å². The second-order valence-electron chi connectivity index (χ2n) is 8.29. The maximum absolute atomic E-state index is 14.3. The molecule has 1 aromatic carbocycles. The minimum absolute atomic E-state index is 0.268. The Morgan fingerprint density at radius 3 is 2.87 bits per heavy atom. The molecular weight excluding hydrogens is 290 g/mol. The van der Waals surface area contributed by atoms with Crippen molar-refractivity contribution >= 4 is 0 Å². The summed E-state index contributed by atoms with van der Waals surface area (Å²) in [6, 6.07) is 5.79. The molecule has 3 aliphatic carbocycles. The number of halogens is 1. The fraction of sp³-hybridized carbons (Fsp3) is 0.700. The number of rotatable bonds is 1. The summed E-state index contributed by atoms with van der Waals surface area (Å²) in [5.74, 6) is 2.04. The number of alkyl halides is 1. The number of aliphatic hydroxyl groups excluding tert-OH is 1. The molecule has 0 saturated heterocycles. The van der Waals surface area contributed by atoms with Gasteiger partial charge in [-0.3, -0.25) is 0 Å². The smallest absolute Gasteiger partial charge is 0.127 e. The van der Waals surface area contributed by atoms with Crippen LogP contribution < -0.4 is 0 Å². The number of hydrogen-bond acceptors (Lipinski definition) is 2. The van der Waals surface area contributed by atoms with Crippen LogP contribution in [-0.2, 0) is 6.42 Å². The van der Waals surface area contributed by atoms with Gasteiger partial charge in [-0.05, 0) is 78.0 Å². The molecule has 3 heteroatoms. The molecule has 0 amide bonds. The predicted octanol–water partition coefficient (Wildman–Crippen LogP) is 4.19. The Morgan fingerprint density at radius 1 is 1.35 bits per heavy atom. The van der Waals surface area contributed by atoms with Crippen molar-refractivity contribution in [1.29, 1.82) is 0 Å². The highest BCUT2D eigenvalue weighted by molar-refractivity contribution is 5.40. The van der Waals surface area contributed by atoms with Crippen LogP contribution in [0.4, 0.5) is 4.39 Å². The molecule has 126 valence electrons. The molecule has 1 aromatic rings. The zero-order chi connectivity index (χ0) is 16.4. The van der Waals surface area contributed by atoms with Gasteiger partial charge in [-0.15, -0.1) is 0 Å². The van der Waals surface area contributed by atoms with Gasteiger partial charge >= 0.3 is 0 Å². The van der Waals surface area contributed by atoms with Gasteiger partial charge in [0.2, 0.25) is 0 Å². The Bertz CT molecular complexity index is 616. The number of benzene rings is 1. The maximum Gasteiger partial charge on any atom is 0.127 e. The summed E-state index contributed by atoms with van der Waals surface area (Å²) in [7, 11) is 0. The molecule has 0 aromatic heterocycles. The topological polar surface area (TPSA) is 40.5 Å². The molecule has 2 nitrogen and oxygen atoms in total. The van der Waals surface area contributed by atoms with Gasteiger partial charge in [0, 0.05) is 0 Å². The van der Waals surface area contributed by atoms with E-state index < -0.39 is 12.3 Å². The normalized spacial score (nSPS) is 45.2. The quantitative estimate of drug-likeness (QED) is 0.815. The largest absolute Gasteiger partial charge is 0.508 e. The van der Waals surface area contributed by atoms with E-state index in [0.717, 1.165) is 25.7 Å². The van der Waals surface area contributed by atoms with Gasteiger partial charge in [0.1, 0.15) is 11.9 Å².